The van der Waals surface area contributed by atoms with E-state index in [1.165, 1.54) is 0 Å². The molecule has 1 aliphatic carbocycles. The maximum absolute atomic E-state index is 13.5. The quantitative estimate of drug-likeness (QED) is 0.575. The molecule has 6 heteroatoms. The van der Waals surface area contributed by atoms with Gasteiger partial charge in [-0.1, -0.05) is 49.4 Å². The Hall–Kier alpha value is -3.02. The molecule has 2 aliphatic rings. The molecule has 6 nitrogen and oxygen atoms in total. The number of fused-ring (bicyclic) bond motifs is 1. The van der Waals surface area contributed by atoms with Crippen LogP contribution in [0.3, 0.4) is 0 Å². The van der Waals surface area contributed by atoms with Gasteiger partial charge in [0.1, 0.15) is 5.82 Å². The molecule has 1 aromatic heterocycles. The van der Waals surface area contributed by atoms with Gasteiger partial charge in [0.2, 0.25) is 0 Å². The average Bonchev–Trinajstić information content (AvgIpc) is 3.18. The molecule has 4 atom stereocenters. The predicted octanol–water partition coefficient (Wildman–Crippen LogP) is 3.53. The minimum atomic E-state index is -0.222. The monoisotopic (exact) mass is 405 g/mol. The zero-order valence-electron chi connectivity index (χ0n) is 17.6. The molecule has 0 spiro atoms. The first-order valence-corrected chi connectivity index (χ1v) is 10.5. The summed E-state index contributed by atoms with van der Waals surface area (Å²) in [6.45, 7) is 7.18. The Morgan fingerprint density at radius 1 is 1.17 bits per heavy atom. The summed E-state index contributed by atoms with van der Waals surface area (Å²) >= 11 is 0. The van der Waals surface area contributed by atoms with Gasteiger partial charge in [0.25, 0.3) is 5.91 Å². The first-order chi connectivity index (χ1) is 14.5. The summed E-state index contributed by atoms with van der Waals surface area (Å²) in [5.41, 5.74) is 2.03. The molecule has 1 aliphatic heterocycles. The van der Waals surface area contributed by atoms with Gasteiger partial charge in [0, 0.05) is 24.8 Å². The number of esters is 1. The number of likely N-dealkylation sites (tertiary alicyclic amines) is 1. The Bertz CT molecular complexity index is 973. The van der Waals surface area contributed by atoms with Crippen LogP contribution in [0.2, 0.25) is 0 Å². The van der Waals surface area contributed by atoms with Gasteiger partial charge < -0.3 is 9.64 Å². The van der Waals surface area contributed by atoms with Crippen LogP contribution in [0.25, 0.3) is 11.3 Å². The molecule has 156 valence electrons. The van der Waals surface area contributed by atoms with Crippen molar-refractivity contribution in [1.82, 2.24) is 14.9 Å². The molecule has 0 N–H and O–H groups in total. The third-order valence-electron chi connectivity index (χ3n) is 6.13. The summed E-state index contributed by atoms with van der Waals surface area (Å²) in [6, 6.07) is 9.70. The van der Waals surface area contributed by atoms with Crippen molar-refractivity contribution in [3.63, 3.8) is 0 Å². The van der Waals surface area contributed by atoms with E-state index in [1.807, 2.05) is 56.0 Å². The zero-order valence-corrected chi connectivity index (χ0v) is 17.6. The van der Waals surface area contributed by atoms with Crippen LogP contribution in [0.15, 0.2) is 48.7 Å². The van der Waals surface area contributed by atoms with E-state index < -0.39 is 0 Å². The topological polar surface area (TPSA) is 72.4 Å². The Morgan fingerprint density at radius 3 is 2.67 bits per heavy atom. The van der Waals surface area contributed by atoms with Gasteiger partial charge in [-0.3, -0.25) is 9.59 Å². The summed E-state index contributed by atoms with van der Waals surface area (Å²) < 4.78 is 5.33. The lowest BCUT2D eigenvalue weighted by atomic mass is 9.72. The molecule has 1 aromatic carbocycles. The minimum Gasteiger partial charge on any atom is -0.466 e. The average molecular weight is 405 g/mol. The molecule has 1 saturated heterocycles. The Labute approximate surface area is 177 Å². The number of hydrogen-bond donors (Lipinski definition) is 0. The van der Waals surface area contributed by atoms with Crippen molar-refractivity contribution < 1.29 is 14.3 Å². The lowest BCUT2D eigenvalue weighted by Crippen LogP contribution is -2.37. The molecule has 2 heterocycles. The molecule has 1 amide bonds. The van der Waals surface area contributed by atoms with Gasteiger partial charge in [0.15, 0.2) is 0 Å². The van der Waals surface area contributed by atoms with Crippen LogP contribution >= 0.6 is 0 Å². The maximum Gasteiger partial charge on any atom is 0.309 e. The fourth-order valence-electron chi connectivity index (χ4n) is 4.67. The van der Waals surface area contributed by atoms with Crippen molar-refractivity contribution in [2.45, 2.75) is 20.8 Å². The highest BCUT2D eigenvalue weighted by Gasteiger charge is 2.46. The van der Waals surface area contributed by atoms with Crippen LogP contribution in [0.4, 0.5) is 0 Å². The molecule has 0 radical (unpaired) electrons. The van der Waals surface area contributed by atoms with Crippen LogP contribution < -0.4 is 0 Å². The second-order valence-corrected chi connectivity index (χ2v) is 8.11. The fraction of sp³-hybridized carbons (Fsp3) is 0.417. The molecule has 0 saturated carbocycles. The number of ether oxygens (including phenoxy) is 1. The molecular weight excluding hydrogens is 378 g/mol. The third kappa shape index (κ3) is 3.74. The Morgan fingerprint density at radius 2 is 1.93 bits per heavy atom. The summed E-state index contributed by atoms with van der Waals surface area (Å²) in [6.07, 6.45) is 5.86. The molecule has 0 unspecified atom stereocenters. The van der Waals surface area contributed by atoms with Crippen LogP contribution in [-0.4, -0.2) is 46.4 Å². The zero-order chi connectivity index (χ0) is 21.3. The number of hydrogen-bond acceptors (Lipinski definition) is 5. The maximum atomic E-state index is 13.5. The lowest BCUT2D eigenvalue weighted by molar-refractivity contribution is -0.152. The number of allylic oxidation sites excluding steroid dienone is 1. The van der Waals surface area contributed by atoms with Gasteiger partial charge in [0.05, 0.1) is 23.8 Å². The van der Waals surface area contributed by atoms with Gasteiger partial charge in [-0.2, -0.15) is 0 Å². The van der Waals surface area contributed by atoms with Crippen molar-refractivity contribution in [3.8, 4) is 11.3 Å². The molecule has 0 bridgehead atoms. The number of carbonyl (C=O) groups is 2. The van der Waals surface area contributed by atoms with Crippen molar-refractivity contribution in [2.24, 2.45) is 23.7 Å². The van der Waals surface area contributed by atoms with Crippen molar-refractivity contribution in [2.75, 3.05) is 19.7 Å². The normalized spacial score (nSPS) is 25.1. The lowest BCUT2D eigenvalue weighted by Gasteiger charge is -2.31. The van der Waals surface area contributed by atoms with E-state index in [4.69, 9.17) is 4.74 Å². The van der Waals surface area contributed by atoms with Gasteiger partial charge in [-0.25, -0.2) is 9.97 Å². The SMILES string of the molecule is CCOC(=O)[C@H]1[C@@H]2CN(C(=O)c3cnc(C)nc3-c3ccccc3)C[C@@H]2C=C[C@@H]1C. The second-order valence-electron chi connectivity index (χ2n) is 8.11. The summed E-state index contributed by atoms with van der Waals surface area (Å²) in [4.78, 5) is 36.8. The van der Waals surface area contributed by atoms with Crippen LogP contribution in [0.1, 0.15) is 30.0 Å². The van der Waals surface area contributed by atoms with Gasteiger partial charge >= 0.3 is 5.97 Å². The van der Waals surface area contributed by atoms with E-state index in [-0.39, 0.29) is 35.5 Å². The first-order valence-electron chi connectivity index (χ1n) is 10.5. The van der Waals surface area contributed by atoms with Crippen LogP contribution in [0, 0.1) is 30.6 Å². The second kappa shape index (κ2) is 8.38. The number of rotatable bonds is 4. The van der Waals surface area contributed by atoms with Crippen molar-refractivity contribution in [3.05, 3.63) is 60.1 Å². The fourth-order valence-corrected chi connectivity index (χ4v) is 4.67. The number of nitrogens with zero attached hydrogens (tertiary/aromatic N) is 3. The summed E-state index contributed by atoms with van der Waals surface area (Å²) in [5.74, 6) is 0.475. The summed E-state index contributed by atoms with van der Waals surface area (Å²) in [5, 5.41) is 0. The minimum absolute atomic E-state index is 0.0690. The first kappa shape index (κ1) is 20.3. The number of aryl methyl sites for hydroxylation is 1. The largest absolute Gasteiger partial charge is 0.466 e. The van der Waals surface area contributed by atoms with Crippen LogP contribution in [-0.2, 0) is 9.53 Å². The third-order valence-corrected chi connectivity index (χ3v) is 6.13. The van der Waals surface area contributed by atoms with E-state index in [0.29, 0.717) is 36.8 Å². The standard InChI is InChI=1S/C24H27N3O3/c1-4-30-24(29)21-15(2)10-11-18-13-27(14-20(18)21)23(28)19-12-25-16(3)26-22(19)17-8-6-5-7-9-17/h5-12,15,18,20-21H,4,13-14H2,1-3H3/t15-,18-,20+,21+/m0/s1. The van der Waals surface area contributed by atoms with E-state index in [9.17, 15) is 9.59 Å². The van der Waals surface area contributed by atoms with E-state index in [1.54, 1.807) is 6.20 Å². The number of aromatic nitrogens is 2. The molecule has 2 aromatic rings. The highest BCUT2D eigenvalue weighted by atomic mass is 16.5. The van der Waals surface area contributed by atoms with E-state index >= 15 is 0 Å². The van der Waals surface area contributed by atoms with E-state index in [2.05, 4.69) is 22.1 Å². The smallest absolute Gasteiger partial charge is 0.309 e. The highest BCUT2D eigenvalue weighted by molar-refractivity contribution is 5.99. The Balaban J connectivity index is 1.62. The van der Waals surface area contributed by atoms with Gasteiger partial charge in [-0.05, 0) is 31.6 Å². The predicted molar refractivity (Wildman–Crippen MR) is 114 cm³/mol. The van der Waals surface area contributed by atoms with Crippen molar-refractivity contribution in [1.29, 1.82) is 0 Å². The molecule has 4 rings (SSSR count). The summed E-state index contributed by atoms with van der Waals surface area (Å²) in [7, 11) is 0. The number of carbonyl (C=O) groups excluding carboxylic acids is 2. The van der Waals surface area contributed by atoms with Crippen molar-refractivity contribution >= 4 is 11.9 Å². The number of benzene rings is 1. The van der Waals surface area contributed by atoms with E-state index in [0.717, 1.165) is 5.56 Å². The highest BCUT2D eigenvalue weighted by Crippen LogP contribution is 2.40. The molecule has 30 heavy (non-hydrogen) atoms. The molecule has 1 fully saturated rings. The number of amides is 1. The van der Waals surface area contributed by atoms with Gasteiger partial charge in [-0.15, -0.1) is 0 Å². The molecular formula is C24H27N3O3. The van der Waals surface area contributed by atoms with Crippen LogP contribution in [0.5, 0.6) is 0 Å². The Kier molecular flexibility index (Phi) is 5.66.